The van der Waals surface area contributed by atoms with Crippen LogP contribution in [0.5, 0.6) is 0 Å². The molecule has 0 amide bonds. The van der Waals surface area contributed by atoms with Crippen LogP contribution in [0.2, 0.25) is 0 Å². The molecule has 0 saturated carbocycles. The van der Waals surface area contributed by atoms with Gasteiger partial charge in [0.15, 0.2) is 6.29 Å². The highest BCUT2D eigenvalue weighted by molar-refractivity contribution is 4.63. The van der Waals surface area contributed by atoms with E-state index in [9.17, 15) is 0 Å². The number of ether oxygens (including phenoxy) is 3. The Bertz CT molecular complexity index is 138. The average molecular weight is 219 g/mol. The number of nitrogens with one attached hydrogen (secondary N) is 1. The van der Waals surface area contributed by atoms with Crippen LogP contribution in [-0.4, -0.2) is 46.3 Å². The van der Waals surface area contributed by atoms with Crippen molar-refractivity contribution >= 4 is 0 Å². The number of methoxy groups -OCH3 is 2. The fraction of sp³-hybridized carbons (Fsp3) is 1.00. The molecule has 0 spiro atoms. The first kappa shape index (κ1) is 14.8. The maximum absolute atomic E-state index is 5.45. The lowest BCUT2D eigenvalue weighted by Gasteiger charge is -2.22. The summed E-state index contributed by atoms with van der Waals surface area (Å²) in [5, 5.41) is 3.28. The molecule has 0 aliphatic heterocycles. The SMILES string of the molecule is COC(OC)C(C)NCCOCC(C)C. The van der Waals surface area contributed by atoms with Gasteiger partial charge in [0.25, 0.3) is 0 Å². The zero-order valence-electron chi connectivity index (χ0n) is 10.6. The lowest BCUT2D eigenvalue weighted by molar-refractivity contribution is -0.119. The van der Waals surface area contributed by atoms with Gasteiger partial charge in [0, 0.05) is 27.4 Å². The van der Waals surface area contributed by atoms with E-state index in [1.165, 1.54) is 0 Å². The minimum Gasteiger partial charge on any atom is -0.380 e. The van der Waals surface area contributed by atoms with Crippen LogP contribution < -0.4 is 5.32 Å². The molecule has 0 heterocycles. The fourth-order valence-electron chi connectivity index (χ4n) is 1.28. The second kappa shape index (κ2) is 9.09. The highest BCUT2D eigenvalue weighted by atomic mass is 16.7. The molecular weight excluding hydrogens is 194 g/mol. The predicted molar refractivity (Wildman–Crippen MR) is 60.9 cm³/mol. The maximum atomic E-state index is 5.45. The van der Waals surface area contributed by atoms with Crippen LogP contribution in [0.3, 0.4) is 0 Å². The second-order valence-corrected chi connectivity index (χ2v) is 4.05. The molecule has 4 heteroatoms. The number of hydrogen-bond donors (Lipinski definition) is 1. The molecule has 4 nitrogen and oxygen atoms in total. The molecular formula is C11H25NO3. The van der Waals surface area contributed by atoms with Gasteiger partial charge in [-0.15, -0.1) is 0 Å². The van der Waals surface area contributed by atoms with Crippen molar-refractivity contribution in [3.63, 3.8) is 0 Å². The molecule has 0 fully saturated rings. The van der Waals surface area contributed by atoms with Crippen LogP contribution in [0, 0.1) is 5.92 Å². The molecule has 0 aromatic carbocycles. The summed E-state index contributed by atoms with van der Waals surface area (Å²) in [6.45, 7) is 8.66. The van der Waals surface area contributed by atoms with Gasteiger partial charge < -0.3 is 19.5 Å². The van der Waals surface area contributed by atoms with Gasteiger partial charge >= 0.3 is 0 Å². The predicted octanol–water partition coefficient (Wildman–Crippen LogP) is 1.26. The van der Waals surface area contributed by atoms with Gasteiger partial charge in [0.1, 0.15) is 0 Å². The summed E-state index contributed by atoms with van der Waals surface area (Å²) in [6.07, 6.45) is -0.199. The first-order valence-electron chi connectivity index (χ1n) is 5.48. The van der Waals surface area contributed by atoms with E-state index in [1.807, 2.05) is 6.92 Å². The van der Waals surface area contributed by atoms with Crippen LogP contribution in [0.4, 0.5) is 0 Å². The Labute approximate surface area is 93.3 Å². The first-order chi connectivity index (χ1) is 7.11. The molecule has 0 aromatic rings. The van der Waals surface area contributed by atoms with Gasteiger partial charge in [-0.05, 0) is 12.8 Å². The summed E-state index contributed by atoms with van der Waals surface area (Å²) < 4.78 is 15.7. The molecule has 0 saturated heterocycles. The van der Waals surface area contributed by atoms with Gasteiger partial charge in [-0.2, -0.15) is 0 Å². The van der Waals surface area contributed by atoms with Crippen LogP contribution >= 0.6 is 0 Å². The third kappa shape index (κ3) is 7.73. The topological polar surface area (TPSA) is 39.7 Å². The largest absolute Gasteiger partial charge is 0.380 e. The minimum absolute atomic E-state index is 0.169. The van der Waals surface area contributed by atoms with Crippen molar-refractivity contribution in [3.05, 3.63) is 0 Å². The van der Waals surface area contributed by atoms with Crippen LogP contribution in [0.1, 0.15) is 20.8 Å². The Kier molecular flexibility index (Phi) is 9.00. The molecule has 0 aromatic heterocycles. The van der Waals surface area contributed by atoms with E-state index in [1.54, 1.807) is 14.2 Å². The summed E-state index contributed by atoms with van der Waals surface area (Å²) in [6, 6.07) is 0.169. The summed E-state index contributed by atoms with van der Waals surface area (Å²) in [7, 11) is 3.28. The Morgan fingerprint density at radius 1 is 1.07 bits per heavy atom. The van der Waals surface area contributed by atoms with Crippen molar-refractivity contribution in [2.24, 2.45) is 5.92 Å². The Morgan fingerprint density at radius 2 is 1.67 bits per heavy atom. The molecule has 0 radical (unpaired) electrons. The maximum Gasteiger partial charge on any atom is 0.171 e. The molecule has 0 aliphatic carbocycles. The molecule has 1 atom stereocenters. The zero-order valence-corrected chi connectivity index (χ0v) is 10.6. The lowest BCUT2D eigenvalue weighted by Crippen LogP contribution is -2.41. The highest BCUT2D eigenvalue weighted by Gasteiger charge is 2.14. The Balaban J connectivity index is 3.41. The quantitative estimate of drug-likeness (QED) is 0.468. The van der Waals surface area contributed by atoms with Crippen molar-refractivity contribution in [1.29, 1.82) is 0 Å². The second-order valence-electron chi connectivity index (χ2n) is 4.05. The fourth-order valence-corrected chi connectivity index (χ4v) is 1.28. The normalized spacial score (nSPS) is 13.8. The van der Waals surface area contributed by atoms with E-state index in [0.717, 1.165) is 19.8 Å². The summed E-state index contributed by atoms with van der Waals surface area (Å²) in [5.41, 5.74) is 0. The summed E-state index contributed by atoms with van der Waals surface area (Å²) in [4.78, 5) is 0. The standard InChI is InChI=1S/C11H25NO3/c1-9(2)8-15-7-6-12-10(3)11(13-4)14-5/h9-12H,6-8H2,1-5H3. The molecule has 0 bridgehead atoms. The monoisotopic (exact) mass is 219 g/mol. The van der Waals surface area contributed by atoms with Gasteiger partial charge in [-0.25, -0.2) is 0 Å². The van der Waals surface area contributed by atoms with Crippen molar-refractivity contribution in [3.8, 4) is 0 Å². The van der Waals surface area contributed by atoms with Crippen LogP contribution in [0.25, 0.3) is 0 Å². The van der Waals surface area contributed by atoms with Gasteiger partial charge in [-0.1, -0.05) is 13.8 Å². The van der Waals surface area contributed by atoms with E-state index in [-0.39, 0.29) is 12.3 Å². The highest BCUT2D eigenvalue weighted by Crippen LogP contribution is 1.98. The molecule has 1 N–H and O–H groups in total. The van der Waals surface area contributed by atoms with Gasteiger partial charge in [-0.3, -0.25) is 0 Å². The smallest absolute Gasteiger partial charge is 0.171 e. The van der Waals surface area contributed by atoms with E-state index in [2.05, 4.69) is 19.2 Å². The molecule has 15 heavy (non-hydrogen) atoms. The molecule has 0 aliphatic rings. The van der Waals surface area contributed by atoms with Gasteiger partial charge in [0.2, 0.25) is 0 Å². The van der Waals surface area contributed by atoms with Crippen molar-refractivity contribution in [1.82, 2.24) is 5.32 Å². The number of rotatable bonds is 9. The first-order valence-corrected chi connectivity index (χ1v) is 5.48. The Morgan fingerprint density at radius 3 is 2.13 bits per heavy atom. The molecule has 92 valence electrons. The zero-order chi connectivity index (χ0) is 11.7. The summed E-state index contributed by atoms with van der Waals surface area (Å²) >= 11 is 0. The van der Waals surface area contributed by atoms with Crippen LogP contribution in [0.15, 0.2) is 0 Å². The van der Waals surface area contributed by atoms with E-state index < -0.39 is 0 Å². The van der Waals surface area contributed by atoms with Crippen LogP contribution in [-0.2, 0) is 14.2 Å². The average Bonchev–Trinajstić information content (AvgIpc) is 2.18. The lowest BCUT2D eigenvalue weighted by atomic mass is 10.2. The van der Waals surface area contributed by atoms with E-state index in [4.69, 9.17) is 14.2 Å². The van der Waals surface area contributed by atoms with Crippen molar-refractivity contribution < 1.29 is 14.2 Å². The third-order valence-corrected chi connectivity index (χ3v) is 2.04. The number of hydrogen-bond acceptors (Lipinski definition) is 4. The van der Waals surface area contributed by atoms with Gasteiger partial charge in [0.05, 0.1) is 12.6 Å². The molecule has 1 unspecified atom stereocenters. The van der Waals surface area contributed by atoms with Crippen molar-refractivity contribution in [2.45, 2.75) is 33.1 Å². The van der Waals surface area contributed by atoms with Crippen molar-refractivity contribution in [2.75, 3.05) is 34.0 Å². The van der Waals surface area contributed by atoms with E-state index >= 15 is 0 Å². The van der Waals surface area contributed by atoms with E-state index in [0.29, 0.717) is 5.92 Å². The Hall–Kier alpha value is -0.160. The minimum atomic E-state index is -0.199. The third-order valence-electron chi connectivity index (χ3n) is 2.04. The molecule has 0 rings (SSSR count). The summed E-state index contributed by atoms with van der Waals surface area (Å²) in [5.74, 6) is 0.591.